The molecular weight excluding hydrogens is 256 g/mol. The summed E-state index contributed by atoms with van der Waals surface area (Å²) in [5.41, 5.74) is 7.65. The molecule has 4 nitrogen and oxygen atoms in total. The van der Waals surface area contributed by atoms with Gasteiger partial charge in [0.1, 0.15) is 10.4 Å². The van der Waals surface area contributed by atoms with Crippen LogP contribution in [-0.2, 0) is 13.5 Å². The Morgan fingerprint density at radius 3 is 3.00 bits per heavy atom. The van der Waals surface area contributed by atoms with Gasteiger partial charge in [-0.3, -0.25) is 0 Å². The normalized spacial score (nSPS) is 10.9. The van der Waals surface area contributed by atoms with Crippen LogP contribution in [0.25, 0.3) is 11.4 Å². The maximum absolute atomic E-state index is 5.53. The molecule has 0 aliphatic heterocycles. The van der Waals surface area contributed by atoms with Crippen LogP contribution in [0.15, 0.2) is 22.9 Å². The number of halogens is 1. The van der Waals surface area contributed by atoms with E-state index in [0.29, 0.717) is 6.54 Å². The van der Waals surface area contributed by atoms with E-state index >= 15 is 0 Å². The molecule has 2 aromatic heterocycles. The fourth-order valence-corrected chi connectivity index (χ4v) is 2.32. The van der Waals surface area contributed by atoms with Crippen molar-refractivity contribution < 1.29 is 0 Å². The molecule has 0 saturated carbocycles. The minimum Gasteiger partial charge on any atom is -0.360 e. The number of aromatic amines is 1. The molecule has 0 amide bonds. The van der Waals surface area contributed by atoms with Crippen LogP contribution in [-0.4, -0.2) is 21.1 Å². The number of nitrogens with one attached hydrogen (secondary N) is 1. The van der Waals surface area contributed by atoms with Gasteiger partial charge in [0.25, 0.3) is 0 Å². The van der Waals surface area contributed by atoms with Crippen molar-refractivity contribution in [2.24, 2.45) is 12.8 Å². The van der Waals surface area contributed by atoms with E-state index in [1.54, 1.807) is 0 Å². The molecule has 0 atom stereocenters. The van der Waals surface area contributed by atoms with E-state index in [4.69, 9.17) is 5.73 Å². The molecule has 0 aliphatic carbocycles. The Labute approximate surface area is 96.6 Å². The molecule has 2 rings (SSSR count). The van der Waals surface area contributed by atoms with Crippen LogP contribution < -0.4 is 5.73 Å². The van der Waals surface area contributed by atoms with Crippen molar-refractivity contribution in [2.75, 3.05) is 6.54 Å². The third-order valence-electron chi connectivity index (χ3n) is 2.37. The van der Waals surface area contributed by atoms with Crippen molar-refractivity contribution in [2.45, 2.75) is 6.42 Å². The number of H-pyrrole nitrogens is 1. The number of hydrogen-bond acceptors (Lipinski definition) is 2. The first-order chi connectivity index (χ1) is 7.24. The van der Waals surface area contributed by atoms with Crippen LogP contribution in [0.3, 0.4) is 0 Å². The lowest BCUT2D eigenvalue weighted by atomic mass is 10.3. The van der Waals surface area contributed by atoms with Crippen molar-refractivity contribution in [1.29, 1.82) is 0 Å². The second-order valence-corrected chi connectivity index (χ2v) is 4.10. The summed E-state index contributed by atoms with van der Waals surface area (Å²) in [5.74, 6) is 0.994. The SMILES string of the molecule is Cn1c(CCN)nc(Br)c1-c1ccc[nH]1. The van der Waals surface area contributed by atoms with Gasteiger partial charge in [0.05, 0.1) is 11.4 Å². The second kappa shape index (κ2) is 4.20. The van der Waals surface area contributed by atoms with Crippen molar-refractivity contribution in [3.8, 4) is 11.4 Å². The lowest BCUT2D eigenvalue weighted by Gasteiger charge is -2.03. The Morgan fingerprint density at radius 2 is 2.40 bits per heavy atom. The van der Waals surface area contributed by atoms with Gasteiger partial charge in [-0.15, -0.1) is 0 Å². The fraction of sp³-hybridized carbons (Fsp3) is 0.300. The minimum absolute atomic E-state index is 0.613. The standard InChI is InChI=1S/C10H13BrN4/c1-15-8(4-5-12)14-10(11)9(15)7-3-2-6-13-7/h2-3,6,13H,4-5,12H2,1H3. The Balaban J connectivity index is 2.48. The number of imidazole rings is 1. The summed E-state index contributed by atoms with van der Waals surface area (Å²) >= 11 is 3.47. The summed E-state index contributed by atoms with van der Waals surface area (Å²) < 4.78 is 2.92. The third-order valence-corrected chi connectivity index (χ3v) is 2.92. The monoisotopic (exact) mass is 268 g/mol. The van der Waals surface area contributed by atoms with Gasteiger partial charge in [-0.1, -0.05) is 0 Å². The van der Waals surface area contributed by atoms with Crippen molar-refractivity contribution in [3.63, 3.8) is 0 Å². The molecule has 0 unspecified atom stereocenters. The van der Waals surface area contributed by atoms with E-state index < -0.39 is 0 Å². The summed E-state index contributed by atoms with van der Waals surface area (Å²) in [7, 11) is 2.00. The van der Waals surface area contributed by atoms with Gasteiger partial charge in [-0.25, -0.2) is 4.98 Å². The Hall–Kier alpha value is -1.07. The van der Waals surface area contributed by atoms with Crippen molar-refractivity contribution >= 4 is 15.9 Å². The van der Waals surface area contributed by atoms with E-state index in [-0.39, 0.29) is 0 Å². The molecule has 80 valence electrons. The highest BCUT2D eigenvalue weighted by Crippen LogP contribution is 2.27. The van der Waals surface area contributed by atoms with Crippen LogP contribution in [0.5, 0.6) is 0 Å². The molecular formula is C10H13BrN4. The highest BCUT2D eigenvalue weighted by atomic mass is 79.9. The first-order valence-corrected chi connectivity index (χ1v) is 5.58. The number of nitrogens with zero attached hydrogens (tertiary/aromatic N) is 2. The highest BCUT2D eigenvalue weighted by Gasteiger charge is 2.14. The minimum atomic E-state index is 0.613. The first-order valence-electron chi connectivity index (χ1n) is 4.79. The highest BCUT2D eigenvalue weighted by molar-refractivity contribution is 9.10. The van der Waals surface area contributed by atoms with Crippen LogP contribution in [0.2, 0.25) is 0 Å². The summed E-state index contributed by atoms with van der Waals surface area (Å²) in [6.45, 7) is 0.613. The lowest BCUT2D eigenvalue weighted by molar-refractivity contribution is 0.781. The van der Waals surface area contributed by atoms with Crippen molar-refractivity contribution in [1.82, 2.24) is 14.5 Å². The van der Waals surface area contributed by atoms with E-state index in [9.17, 15) is 0 Å². The van der Waals surface area contributed by atoms with E-state index in [1.807, 2.05) is 25.4 Å². The van der Waals surface area contributed by atoms with E-state index in [0.717, 1.165) is 28.2 Å². The van der Waals surface area contributed by atoms with Gasteiger partial charge >= 0.3 is 0 Å². The molecule has 3 N–H and O–H groups in total. The van der Waals surface area contributed by atoms with Crippen LogP contribution in [0, 0.1) is 0 Å². The average Bonchev–Trinajstić information content (AvgIpc) is 2.77. The topological polar surface area (TPSA) is 59.6 Å². The predicted octanol–water partition coefficient (Wildman–Crippen LogP) is 1.68. The maximum Gasteiger partial charge on any atom is 0.134 e. The van der Waals surface area contributed by atoms with Crippen LogP contribution in [0.4, 0.5) is 0 Å². The number of rotatable bonds is 3. The first kappa shape index (κ1) is 10.4. The predicted molar refractivity (Wildman–Crippen MR) is 63.5 cm³/mol. The Bertz CT molecular complexity index is 444. The maximum atomic E-state index is 5.53. The third kappa shape index (κ3) is 1.85. The molecule has 0 aromatic carbocycles. The zero-order valence-corrected chi connectivity index (χ0v) is 10.1. The summed E-state index contributed by atoms with van der Waals surface area (Å²) in [6.07, 6.45) is 2.69. The molecule has 0 aliphatic rings. The van der Waals surface area contributed by atoms with Crippen LogP contribution in [0.1, 0.15) is 5.82 Å². The van der Waals surface area contributed by atoms with Gasteiger partial charge in [0.15, 0.2) is 0 Å². The fourth-order valence-electron chi connectivity index (χ4n) is 1.63. The summed E-state index contributed by atoms with van der Waals surface area (Å²) in [4.78, 5) is 7.60. The quantitative estimate of drug-likeness (QED) is 0.890. The van der Waals surface area contributed by atoms with Crippen LogP contribution >= 0.6 is 15.9 Å². The van der Waals surface area contributed by atoms with Gasteiger partial charge in [0, 0.05) is 19.7 Å². The molecule has 0 radical (unpaired) electrons. The summed E-state index contributed by atoms with van der Waals surface area (Å²) in [5, 5.41) is 0. The Morgan fingerprint density at radius 1 is 1.60 bits per heavy atom. The van der Waals surface area contributed by atoms with Gasteiger partial charge in [0.2, 0.25) is 0 Å². The smallest absolute Gasteiger partial charge is 0.134 e. The van der Waals surface area contributed by atoms with Gasteiger partial charge in [-0.05, 0) is 34.6 Å². The molecule has 5 heteroatoms. The molecule has 15 heavy (non-hydrogen) atoms. The number of hydrogen-bond donors (Lipinski definition) is 2. The average molecular weight is 269 g/mol. The second-order valence-electron chi connectivity index (χ2n) is 3.35. The zero-order valence-electron chi connectivity index (χ0n) is 8.50. The van der Waals surface area contributed by atoms with Gasteiger partial charge in [-0.2, -0.15) is 0 Å². The number of nitrogens with two attached hydrogens (primary N) is 1. The van der Waals surface area contributed by atoms with E-state index in [2.05, 4.69) is 30.5 Å². The van der Waals surface area contributed by atoms with Crippen molar-refractivity contribution in [3.05, 3.63) is 28.8 Å². The molecule has 0 saturated heterocycles. The molecule has 2 aromatic rings. The number of aromatic nitrogens is 3. The largest absolute Gasteiger partial charge is 0.360 e. The zero-order chi connectivity index (χ0) is 10.8. The summed E-state index contributed by atoms with van der Waals surface area (Å²) in [6, 6.07) is 3.99. The molecule has 2 heterocycles. The molecule has 0 bridgehead atoms. The molecule has 0 fully saturated rings. The molecule has 0 spiro atoms. The van der Waals surface area contributed by atoms with Gasteiger partial charge < -0.3 is 15.3 Å². The Kier molecular flexibility index (Phi) is 2.93. The lowest BCUT2D eigenvalue weighted by Crippen LogP contribution is -2.08. The van der Waals surface area contributed by atoms with E-state index in [1.165, 1.54) is 0 Å².